The quantitative estimate of drug-likeness (QED) is 0.781. The number of aliphatic hydroxyl groups excluding tert-OH is 1. The normalized spacial score (nSPS) is 32.4. The lowest BCUT2D eigenvalue weighted by Crippen LogP contribution is -2.54. The first-order valence-electron chi connectivity index (χ1n) is 6.70. The molecule has 2 rings (SSSR count). The Morgan fingerprint density at radius 3 is 2.65 bits per heavy atom. The molecule has 2 aliphatic rings. The third-order valence-corrected chi connectivity index (χ3v) is 4.07. The van der Waals surface area contributed by atoms with Crippen LogP contribution < -0.4 is 5.32 Å². The van der Waals surface area contributed by atoms with Gasteiger partial charge >= 0.3 is 0 Å². The lowest BCUT2D eigenvalue weighted by Gasteiger charge is -2.37. The molecule has 2 unspecified atom stereocenters. The van der Waals surface area contributed by atoms with Gasteiger partial charge in [0.15, 0.2) is 0 Å². The molecule has 0 radical (unpaired) electrons. The molecule has 17 heavy (non-hydrogen) atoms. The summed E-state index contributed by atoms with van der Waals surface area (Å²) in [7, 11) is 0. The fourth-order valence-corrected chi connectivity index (χ4v) is 2.91. The molecule has 0 aromatic heterocycles. The lowest BCUT2D eigenvalue weighted by molar-refractivity contribution is -0.128. The zero-order chi connectivity index (χ0) is 12.3. The lowest BCUT2D eigenvalue weighted by atomic mass is 9.82. The van der Waals surface area contributed by atoms with Crippen LogP contribution in [0, 0.1) is 5.92 Å². The standard InChI is InChI=1S/C13H23NO3/c1-10-7-11(8-17-10)12(16)14-13(9-15)5-3-2-4-6-13/h10-11,15H,2-9H2,1H3,(H,14,16). The number of carbonyl (C=O) groups is 1. The van der Waals surface area contributed by atoms with Crippen LogP contribution in [0.25, 0.3) is 0 Å². The molecule has 0 bridgehead atoms. The van der Waals surface area contributed by atoms with Crippen molar-refractivity contribution in [3.05, 3.63) is 0 Å². The van der Waals surface area contributed by atoms with Crippen LogP contribution in [0.5, 0.6) is 0 Å². The van der Waals surface area contributed by atoms with Crippen LogP contribution in [0.15, 0.2) is 0 Å². The summed E-state index contributed by atoms with van der Waals surface area (Å²) >= 11 is 0. The molecule has 1 saturated carbocycles. The smallest absolute Gasteiger partial charge is 0.226 e. The number of nitrogens with one attached hydrogen (secondary N) is 1. The van der Waals surface area contributed by atoms with Gasteiger partial charge in [-0.15, -0.1) is 0 Å². The van der Waals surface area contributed by atoms with Gasteiger partial charge in [0.1, 0.15) is 0 Å². The van der Waals surface area contributed by atoms with E-state index in [1.165, 1.54) is 6.42 Å². The average Bonchev–Trinajstić information content (AvgIpc) is 2.77. The maximum atomic E-state index is 12.1. The Balaban J connectivity index is 1.91. The molecule has 0 aromatic rings. The molecule has 1 amide bonds. The van der Waals surface area contributed by atoms with Gasteiger partial charge in [-0.25, -0.2) is 0 Å². The molecular weight excluding hydrogens is 218 g/mol. The van der Waals surface area contributed by atoms with Crippen molar-refractivity contribution in [1.82, 2.24) is 5.32 Å². The molecule has 1 heterocycles. The Labute approximate surface area is 103 Å². The number of hydrogen-bond acceptors (Lipinski definition) is 3. The monoisotopic (exact) mass is 241 g/mol. The van der Waals surface area contributed by atoms with E-state index in [0.29, 0.717) is 6.61 Å². The van der Waals surface area contributed by atoms with Gasteiger partial charge in [-0.1, -0.05) is 19.3 Å². The van der Waals surface area contributed by atoms with Gasteiger partial charge in [-0.05, 0) is 26.2 Å². The topological polar surface area (TPSA) is 58.6 Å². The van der Waals surface area contributed by atoms with Crippen molar-refractivity contribution in [3.63, 3.8) is 0 Å². The SMILES string of the molecule is CC1CC(C(=O)NC2(CO)CCCCC2)CO1. The van der Waals surface area contributed by atoms with Crippen molar-refractivity contribution >= 4 is 5.91 Å². The highest BCUT2D eigenvalue weighted by Gasteiger charge is 2.36. The fourth-order valence-electron chi connectivity index (χ4n) is 2.91. The molecule has 1 saturated heterocycles. The molecule has 2 atom stereocenters. The van der Waals surface area contributed by atoms with E-state index in [1.807, 2.05) is 6.92 Å². The van der Waals surface area contributed by atoms with E-state index in [4.69, 9.17) is 4.74 Å². The molecule has 98 valence electrons. The van der Waals surface area contributed by atoms with Crippen molar-refractivity contribution in [1.29, 1.82) is 0 Å². The molecule has 0 aromatic carbocycles. The zero-order valence-electron chi connectivity index (χ0n) is 10.6. The van der Waals surface area contributed by atoms with Crippen LogP contribution in [-0.4, -0.2) is 35.9 Å². The Morgan fingerprint density at radius 2 is 2.12 bits per heavy atom. The zero-order valence-corrected chi connectivity index (χ0v) is 10.6. The summed E-state index contributed by atoms with van der Waals surface area (Å²) in [6.07, 6.45) is 6.18. The molecule has 1 aliphatic carbocycles. The summed E-state index contributed by atoms with van der Waals surface area (Å²) < 4.78 is 5.42. The van der Waals surface area contributed by atoms with Gasteiger partial charge in [0.2, 0.25) is 5.91 Å². The highest BCUT2D eigenvalue weighted by molar-refractivity contribution is 5.80. The minimum atomic E-state index is -0.360. The molecule has 2 fully saturated rings. The predicted octanol–water partition coefficient (Wildman–Crippen LogP) is 1.22. The third kappa shape index (κ3) is 2.99. The minimum Gasteiger partial charge on any atom is -0.394 e. The van der Waals surface area contributed by atoms with Crippen molar-refractivity contribution < 1.29 is 14.6 Å². The Hall–Kier alpha value is -0.610. The van der Waals surface area contributed by atoms with Gasteiger partial charge in [0.05, 0.1) is 30.8 Å². The van der Waals surface area contributed by atoms with Gasteiger partial charge in [-0.3, -0.25) is 4.79 Å². The second-order valence-electron chi connectivity index (χ2n) is 5.56. The summed E-state index contributed by atoms with van der Waals surface area (Å²) in [6.45, 7) is 2.58. The number of amides is 1. The largest absolute Gasteiger partial charge is 0.394 e. The van der Waals surface area contributed by atoms with Gasteiger partial charge < -0.3 is 15.2 Å². The van der Waals surface area contributed by atoms with E-state index in [1.54, 1.807) is 0 Å². The van der Waals surface area contributed by atoms with E-state index in [9.17, 15) is 9.90 Å². The maximum Gasteiger partial charge on any atom is 0.226 e. The van der Waals surface area contributed by atoms with E-state index < -0.39 is 0 Å². The second-order valence-corrected chi connectivity index (χ2v) is 5.56. The van der Waals surface area contributed by atoms with Crippen molar-refractivity contribution in [2.75, 3.05) is 13.2 Å². The van der Waals surface area contributed by atoms with E-state index in [-0.39, 0.29) is 30.1 Å². The molecule has 1 aliphatic heterocycles. The van der Waals surface area contributed by atoms with Gasteiger partial charge in [0, 0.05) is 0 Å². The van der Waals surface area contributed by atoms with Crippen LogP contribution in [0.2, 0.25) is 0 Å². The van der Waals surface area contributed by atoms with Crippen LogP contribution in [0.4, 0.5) is 0 Å². The van der Waals surface area contributed by atoms with Gasteiger partial charge in [0.25, 0.3) is 0 Å². The summed E-state index contributed by atoms with van der Waals surface area (Å²) in [4.78, 5) is 12.1. The summed E-state index contributed by atoms with van der Waals surface area (Å²) in [5.41, 5.74) is -0.360. The maximum absolute atomic E-state index is 12.1. The summed E-state index contributed by atoms with van der Waals surface area (Å²) in [6, 6.07) is 0. The van der Waals surface area contributed by atoms with E-state index >= 15 is 0 Å². The summed E-state index contributed by atoms with van der Waals surface area (Å²) in [5, 5.41) is 12.6. The number of carbonyl (C=O) groups excluding carboxylic acids is 1. The molecule has 4 nitrogen and oxygen atoms in total. The van der Waals surface area contributed by atoms with Crippen LogP contribution in [-0.2, 0) is 9.53 Å². The van der Waals surface area contributed by atoms with Crippen LogP contribution in [0.1, 0.15) is 45.4 Å². The molecular formula is C13H23NO3. The number of rotatable bonds is 3. The van der Waals surface area contributed by atoms with E-state index in [0.717, 1.165) is 32.1 Å². The number of aliphatic hydroxyl groups is 1. The highest BCUT2D eigenvalue weighted by Crippen LogP contribution is 2.29. The highest BCUT2D eigenvalue weighted by atomic mass is 16.5. The molecule has 0 spiro atoms. The average molecular weight is 241 g/mol. The van der Waals surface area contributed by atoms with Crippen molar-refractivity contribution in [2.24, 2.45) is 5.92 Å². The Morgan fingerprint density at radius 1 is 1.41 bits per heavy atom. The first-order chi connectivity index (χ1) is 8.15. The van der Waals surface area contributed by atoms with E-state index in [2.05, 4.69) is 5.32 Å². The first kappa shape index (κ1) is 12.8. The first-order valence-corrected chi connectivity index (χ1v) is 6.70. The minimum absolute atomic E-state index is 0.0321. The number of hydrogen-bond donors (Lipinski definition) is 2. The molecule has 2 N–H and O–H groups in total. The van der Waals surface area contributed by atoms with Crippen LogP contribution >= 0.6 is 0 Å². The number of ether oxygens (including phenoxy) is 1. The Kier molecular flexibility index (Phi) is 4.05. The Bertz CT molecular complexity index is 274. The summed E-state index contributed by atoms with van der Waals surface area (Å²) in [5.74, 6) is 0.0284. The third-order valence-electron chi connectivity index (χ3n) is 4.07. The van der Waals surface area contributed by atoms with Crippen LogP contribution in [0.3, 0.4) is 0 Å². The second kappa shape index (κ2) is 5.36. The fraction of sp³-hybridized carbons (Fsp3) is 0.923. The van der Waals surface area contributed by atoms with Gasteiger partial charge in [-0.2, -0.15) is 0 Å². The molecule has 4 heteroatoms. The van der Waals surface area contributed by atoms with Crippen molar-refractivity contribution in [3.8, 4) is 0 Å². The van der Waals surface area contributed by atoms with Crippen molar-refractivity contribution in [2.45, 2.75) is 57.1 Å². The predicted molar refractivity (Wildman–Crippen MR) is 64.6 cm³/mol.